The van der Waals surface area contributed by atoms with Crippen LogP contribution in [-0.4, -0.2) is 89.2 Å². The van der Waals surface area contributed by atoms with Crippen molar-refractivity contribution in [3.63, 3.8) is 0 Å². The van der Waals surface area contributed by atoms with Crippen LogP contribution in [0.25, 0.3) is 0 Å². The molecule has 0 aliphatic carbocycles. The average Bonchev–Trinajstić information content (AvgIpc) is 3.37. The highest BCUT2D eigenvalue weighted by atomic mass is 16.7. The number of carboxylic acid groups (broad SMARTS) is 1. The van der Waals surface area contributed by atoms with Gasteiger partial charge in [0.05, 0.1) is 6.61 Å². The summed E-state index contributed by atoms with van der Waals surface area (Å²) in [4.78, 5) is 51.0. The van der Waals surface area contributed by atoms with E-state index in [0.29, 0.717) is 19.3 Å². The smallest absolute Gasteiger partial charge is 0.335 e. The van der Waals surface area contributed by atoms with Crippen LogP contribution in [0.3, 0.4) is 0 Å². The standard InChI is InChI=1S/C61H102O12/c1-4-7-10-13-16-19-22-25-26-27-28-31-34-37-40-43-46-49-55(64)72-59-57(66)56(65)58(60(67)68)73-61(59)70-51-52(71-54(63)48-45-42-39-36-33-30-24-21-18-15-12-9-6-3)50-69-53(62)47-44-41-38-35-32-29-23-20-17-14-11-8-5-2/h7,10,16,19-21,23-26,28,31,52,56-59,61,65-66H,4-6,8-9,11-15,17-18,22,27,29-30,32-51H2,1-3H3,(H,67,68)/b10-7-,19-16-,23-20-,24-21-,26-25-,31-28-. The molecule has 0 saturated carbocycles. The van der Waals surface area contributed by atoms with Gasteiger partial charge in [-0.25, -0.2) is 4.79 Å². The zero-order valence-corrected chi connectivity index (χ0v) is 45.9. The van der Waals surface area contributed by atoms with Crippen molar-refractivity contribution in [2.45, 2.75) is 276 Å². The molecule has 1 aliphatic rings. The van der Waals surface area contributed by atoms with Crippen molar-refractivity contribution >= 4 is 23.9 Å². The Morgan fingerprint density at radius 3 is 1.33 bits per heavy atom. The second-order valence-electron chi connectivity index (χ2n) is 19.5. The van der Waals surface area contributed by atoms with Crippen LogP contribution in [0, 0.1) is 0 Å². The summed E-state index contributed by atoms with van der Waals surface area (Å²) in [7, 11) is 0. The monoisotopic (exact) mass is 1030 g/mol. The number of esters is 3. The number of unbranched alkanes of at least 4 members (excludes halogenated alkanes) is 22. The van der Waals surface area contributed by atoms with E-state index in [1.54, 1.807) is 0 Å². The molecule has 6 atom stereocenters. The van der Waals surface area contributed by atoms with E-state index in [1.807, 2.05) is 0 Å². The molecule has 1 aliphatic heterocycles. The second-order valence-corrected chi connectivity index (χ2v) is 19.5. The number of carbonyl (C=O) groups excluding carboxylic acids is 3. The molecule has 1 heterocycles. The number of aliphatic hydroxyl groups is 2. The van der Waals surface area contributed by atoms with Crippen LogP contribution < -0.4 is 0 Å². The zero-order chi connectivity index (χ0) is 53.3. The fourth-order valence-corrected chi connectivity index (χ4v) is 8.29. The van der Waals surface area contributed by atoms with Crippen molar-refractivity contribution in [2.24, 2.45) is 0 Å². The van der Waals surface area contributed by atoms with E-state index in [-0.39, 0.29) is 25.9 Å². The van der Waals surface area contributed by atoms with E-state index in [0.717, 1.165) is 128 Å². The first-order valence-electron chi connectivity index (χ1n) is 28.9. The first-order valence-corrected chi connectivity index (χ1v) is 28.9. The largest absolute Gasteiger partial charge is 0.479 e. The highest BCUT2D eigenvalue weighted by molar-refractivity contribution is 5.74. The van der Waals surface area contributed by atoms with Crippen LogP contribution in [0.4, 0.5) is 0 Å². The molecule has 0 bridgehead atoms. The van der Waals surface area contributed by atoms with Gasteiger partial charge in [0.1, 0.15) is 18.8 Å². The number of aliphatic hydroxyl groups excluding tert-OH is 2. The van der Waals surface area contributed by atoms with Gasteiger partial charge < -0.3 is 39.0 Å². The first kappa shape index (κ1) is 67.2. The topological polar surface area (TPSA) is 175 Å². The average molecular weight is 1030 g/mol. The molecule has 6 unspecified atom stereocenters. The molecular weight excluding hydrogens is 925 g/mol. The SMILES string of the molecule is CC/C=C\C/C=C\C/C=C\C/C=C\CCCCCCC(=O)OC1C(OCC(COC(=O)CCCCCCC/C=C\CCCCCC)OC(=O)CCCCCCC/C=C\CCCCCC)OC(C(=O)O)C(O)C1O. The molecule has 12 nitrogen and oxygen atoms in total. The van der Waals surface area contributed by atoms with Gasteiger partial charge in [-0.05, 0) is 109 Å². The van der Waals surface area contributed by atoms with E-state index < -0.39 is 67.3 Å². The number of aliphatic carboxylic acids is 1. The predicted octanol–water partition coefficient (Wildman–Crippen LogP) is 14.6. The lowest BCUT2D eigenvalue weighted by atomic mass is 9.98. The van der Waals surface area contributed by atoms with Gasteiger partial charge in [-0.2, -0.15) is 0 Å². The number of hydrogen-bond acceptors (Lipinski definition) is 11. The molecule has 0 radical (unpaired) electrons. The molecule has 0 spiro atoms. The Morgan fingerprint density at radius 2 is 0.863 bits per heavy atom. The highest BCUT2D eigenvalue weighted by Gasteiger charge is 2.50. The van der Waals surface area contributed by atoms with Crippen LogP contribution in [0.15, 0.2) is 72.9 Å². The molecule has 12 heteroatoms. The van der Waals surface area contributed by atoms with Crippen molar-refractivity contribution < 1.29 is 58.2 Å². The fraction of sp³-hybridized carbons (Fsp3) is 0.738. The summed E-state index contributed by atoms with van der Waals surface area (Å²) in [5.74, 6) is -3.17. The van der Waals surface area contributed by atoms with Gasteiger partial charge in [0.2, 0.25) is 0 Å². The van der Waals surface area contributed by atoms with Gasteiger partial charge in [-0.1, -0.05) is 184 Å². The second kappa shape index (κ2) is 49.1. The number of hydrogen-bond donors (Lipinski definition) is 3. The molecular formula is C61H102O12. The summed E-state index contributed by atoms with van der Waals surface area (Å²) in [6.07, 6.45) is 48.7. The minimum absolute atomic E-state index is 0.0292. The molecule has 1 saturated heterocycles. The van der Waals surface area contributed by atoms with Crippen molar-refractivity contribution in [2.75, 3.05) is 13.2 Å². The van der Waals surface area contributed by atoms with Crippen molar-refractivity contribution in [1.29, 1.82) is 0 Å². The summed E-state index contributed by atoms with van der Waals surface area (Å²) < 4.78 is 28.4. The summed E-state index contributed by atoms with van der Waals surface area (Å²) in [5, 5.41) is 31.4. The number of ether oxygens (including phenoxy) is 5. The summed E-state index contributed by atoms with van der Waals surface area (Å²) in [6.45, 7) is 5.82. The van der Waals surface area contributed by atoms with Crippen LogP contribution >= 0.6 is 0 Å². The zero-order valence-electron chi connectivity index (χ0n) is 45.9. The molecule has 3 N–H and O–H groups in total. The van der Waals surface area contributed by atoms with Gasteiger partial charge in [-0.15, -0.1) is 0 Å². The van der Waals surface area contributed by atoms with Crippen LogP contribution in [0.2, 0.25) is 0 Å². The van der Waals surface area contributed by atoms with Gasteiger partial charge in [-0.3, -0.25) is 14.4 Å². The van der Waals surface area contributed by atoms with Crippen LogP contribution in [-0.2, 0) is 42.9 Å². The van der Waals surface area contributed by atoms with Crippen LogP contribution in [0.1, 0.15) is 239 Å². The number of allylic oxidation sites excluding steroid dienone is 12. The van der Waals surface area contributed by atoms with Crippen molar-refractivity contribution in [1.82, 2.24) is 0 Å². The maximum Gasteiger partial charge on any atom is 0.335 e. The van der Waals surface area contributed by atoms with Gasteiger partial charge in [0, 0.05) is 19.3 Å². The lowest BCUT2D eigenvalue weighted by Gasteiger charge is -2.40. The summed E-state index contributed by atoms with van der Waals surface area (Å²) in [6, 6.07) is 0. The number of carboxylic acids is 1. The summed E-state index contributed by atoms with van der Waals surface area (Å²) in [5.41, 5.74) is 0. The highest BCUT2D eigenvalue weighted by Crippen LogP contribution is 2.26. The summed E-state index contributed by atoms with van der Waals surface area (Å²) >= 11 is 0. The minimum Gasteiger partial charge on any atom is -0.479 e. The lowest BCUT2D eigenvalue weighted by Crippen LogP contribution is -2.61. The quantitative estimate of drug-likeness (QED) is 0.0228. The predicted molar refractivity (Wildman–Crippen MR) is 294 cm³/mol. The molecule has 1 rings (SSSR count). The Hall–Kier alpha value is -3.84. The molecule has 0 aromatic carbocycles. The van der Waals surface area contributed by atoms with E-state index in [2.05, 4.69) is 93.7 Å². The van der Waals surface area contributed by atoms with Gasteiger partial charge in [0.15, 0.2) is 24.6 Å². The normalized spacial score (nSPS) is 18.8. The Labute approximate surface area is 442 Å². The van der Waals surface area contributed by atoms with Crippen molar-refractivity contribution in [3.8, 4) is 0 Å². The van der Waals surface area contributed by atoms with Crippen LogP contribution in [0.5, 0.6) is 0 Å². The third-order valence-electron chi connectivity index (χ3n) is 12.7. The molecule has 418 valence electrons. The van der Waals surface area contributed by atoms with Crippen molar-refractivity contribution in [3.05, 3.63) is 72.9 Å². The maximum atomic E-state index is 13.1. The Bertz CT molecular complexity index is 1550. The lowest BCUT2D eigenvalue weighted by molar-refractivity contribution is -0.301. The van der Waals surface area contributed by atoms with Gasteiger partial charge in [0.25, 0.3) is 0 Å². The third kappa shape index (κ3) is 39.3. The van der Waals surface area contributed by atoms with E-state index in [1.165, 1.54) is 51.4 Å². The first-order chi connectivity index (χ1) is 35.6. The molecule has 0 amide bonds. The van der Waals surface area contributed by atoms with E-state index in [4.69, 9.17) is 23.7 Å². The third-order valence-corrected chi connectivity index (χ3v) is 12.7. The Balaban J connectivity index is 2.72. The maximum absolute atomic E-state index is 13.1. The van der Waals surface area contributed by atoms with Gasteiger partial charge >= 0.3 is 23.9 Å². The molecule has 1 fully saturated rings. The molecule has 73 heavy (non-hydrogen) atoms. The fourth-order valence-electron chi connectivity index (χ4n) is 8.29. The number of carbonyl (C=O) groups is 4. The number of rotatable bonds is 48. The minimum atomic E-state index is -1.91. The Morgan fingerprint density at radius 1 is 0.466 bits per heavy atom. The molecule has 0 aromatic heterocycles. The Kier molecular flexibility index (Phi) is 45.1. The molecule has 0 aromatic rings. The van der Waals surface area contributed by atoms with E-state index in [9.17, 15) is 34.5 Å². The van der Waals surface area contributed by atoms with E-state index >= 15 is 0 Å².